The third kappa shape index (κ3) is 4.89. The Morgan fingerprint density at radius 3 is 2.75 bits per heavy atom. The van der Waals surface area contributed by atoms with Gasteiger partial charge in [-0.25, -0.2) is 10.1 Å². The molecule has 5 aromatic rings. The molecule has 1 N–H and O–H groups in total. The first kappa shape index (κ1) is 23.1. The van der Waals surface area contributed by atoms with E-state index in [1.165, 1.54) is 12.5 Å². The molecule has 0 aliphatic carbocycles. The Labute approximate surface area is 210 Å². The molecule has 178 valence electrons. The second-order valence-corrected chi connectivity index (χ2v) is 8.14. The molecule has 0 fully saturated rings. The minimum absolute atomic E-state index is 0.212. The van der Waals surface area contributed by atoms with Crippen LogP contribution in [0.1, 0.15) is 5.56 Å². The number of nitrogens with one attached hydrogen (secondary N) is 1. The van der Waals surface area contributed by atoms with Gasteiger partial charge in [-0.3, -0.25) is 9.59 Å². The van der Waals surface area contributed by atoms with Crippen molar-refractivity contribution in [2.45, 2.75) is 0 Å². The lowest BCUT2D eigenvalue weighted by molar-refractivity contribution is -0.123. The molecule has 2 aromatic heterocycles. The number of rotatable bonds is 7. The molecule has 5 rings (SSSR count). The van der Waals surface area contributed by atoms with Crippen LogP contribution in [-0.4, -0.2) is 28.5 Å². The molecule has 8 nitrogen and oxygen atoms in total. The summed E-state index contributed by atoms with van der Waals surface area (Å²) in [5.74, 6) is -0.0553. The van der Waals surface area contributed by atoms with Crippen LogP contribution in [0.5, 0.6) is 5.75 Å². The lowest BCUT2D eigenvalue weighted by Crippen LogP contribution is -2.25. The fraction of sp³-hybridized carbons (Fsp3) is 0.0370. The number of benzene rings is 3. The summed E-state index contributed by atoms with van der Waals surface area (Å²) in [6.45, 7) is -0.308. The van der Waals surface area contributed by atoms with Gasteiger partial charge in [0.2, 0.25) is 5.43 Å². The van der Waals surface area contributed by atoms with Gasteiger partial charge in [-0.05, 0) is 48.5 Å². The highest BCUT2D eigenvalue weighted by Crippen LogP contribution is 2.33. The predicted octanol–water partition coefficient (Wildman–Crippen LogP) is 4.83. The average molecular weight is 499 g/mol. The van der Waals surface area contributed by atoms with Gasteiger partial charge in [0.1, 0.15) is 17.6 Å². The van der Waals surface area contributed by atoms with Gasteiger partial charge in [-0.2, -0.15) is 10.2 Å². The summed E-state index contributed by atoms with van der Waals surface area (Å²) in [5.41, 5.74) is 5.10. The van der Waals surface area contributed by atoms with Gasteiger partial charge in [0.05, 0.1) is 34.7 Å². The van der Waals surface area contributed by atoms with Crippen LogP contribution < -0.4 is 15.6 Å². The van der Waals surface area contributed by atoms with E-state index >= 15 is 0 Å². The van der Waals surface area contributed by atoms with Crippen LogP contribution in [0, 0.1) is 0 Å². The molecule has 0 saturated carbocycles. The van der Waals surface area contributed by atoms with Crippen LogP contribution in [0.15, 0.2) is 106 Å². The number of hydrogen-bond acceptors (Lipinski definition) is 6. The predicted molar refractivity (Wildman–Crippen MR) is 138 cm³/mol. The van der Waals surface area contributed by atoms with E-state index in [2.05, 4.69) is 15.6 Å². The van der Waals surface area contributed by atoms with E-state index in [0.29, 0.717) is 27.3 Å². The van der Waals surface area contributed by atoms with E-state index in [1.807, 2.05) is 36.4 Å². The van der Waals surface area contributed by atoms with Crippen molar-refractivity contribution < 1.29 is 13.9 Å². The van der Waals surface area contributed by atoms with E-state index < -0.39 is 5.91 Å². The Morgan fingerprint density at radius 2 is 1.89 bits per heavy atom. The van der Waals surface area contributed by atoms with Crippen molar-refractivity contribution in [3.63, 3.8) is 0 Å². The number of nitrogens with zero attached hydrogens (tertiary/aromatic N) is 3. The smallest absolute Gasteiger partial charge is 0.277 e. The van der Waals surface area contributed by atoms with E-state index in [4.69, 9.17) is 20.8 Å². The van der Waals surface area contributed by atoms with Crippen molar-refractivity contribution in [2.24, 2.45) is 5.10 Å². The van der Waals surface area contributed by atoms with E-state index in [1.54, 1.807) is 53.3 Å². The minimum Gasteiger partial charge on any atom is -0.483 e. The van der Waals surface area contributed by atoms with Crippen LogP contribution >= 0.6 is 11.6 Å². The number of amides is 1. The molecule has 36 heavy (non-hydrogen) atoms. The van der Waals surface area contributed by atoms with Crippen molar-refractivity contribution in [3.8, 4) is 22.7 Å². The zero-order valence-electron chi connectivity index (χ0n) is 18.8. The fourth-order valence-electron chi connectivity index (χ4n) is 3.64. The Morgan fingerprint density at radius 1 is 1.08 bits per heavy atom. The summed E-state index contributed by atoms with van der Waals surface area (Å²) in [6.07, 6.45) is 4.22. The normalized spacial score (nSPS) is 11.1. The third-order valence-corrected chi connectivity index (χ3v) is 5.55. The number of hydrazone groups is 1. The van der Waals surface area contributed by atoms with E-state index in [9.17, 15) is 9.59 Å². The Hall–Kier alpha value is -4.69. The molecule has 0 aliphatic rings. The highest BCUT2D eigenvalue weighted by molar-refractivity contribution is 6.31. The number of ether oxygens (including phenoxy) is 1. The monoisotopic (exact) mass is 498 g/mol. The van der Waals surface area contributed by atoms with Gasteiger partial charge in [-0.15, -0.1) is 0 Å². The number of carbonyl (C=O) groups excluding carboxylic acids is 1. The quantitative estimate of drug-likeness (QED) is 0.256. The number of para-hydroxylation sites is 2. The Kier molecular flexibility index (Phi) is 6.59. The number of halogens is 1. The average Bonchev–Trinajstić information content (AvgIpc) is 3.40. The number of fused-ring (bicyclic) bond motifs is 1. The molecule has 0 unspecified atom stereocenters. The molecular formula is C27H19ClN4O4. The van der Waals surface area contributed by atoms with Gasteiger partial charge in [0, 0.05) is 10.6 Å². The van der Waals surface area contributed by atoms with Crippen molar-refractivity contribution in [2.75, 3.05) is 6.61 Å². The maximum absolute atomic E-state index is 12.5. The van der Waals surface area contributed by atoms with Gasteiger partial charge in [0.25, 0.3) is 5.91 Å². The molecule has 0 radical (unpaired) electrons. The van der Waals surface area contributed by atoms with Crippen LogP contribution in [0.4, 0.5) is 0 Å². The molecule has 1 amide bonds. The molecule has 9 heteroatoms. The minimum atomic E-state index is -0.506. The first-order valence-electron chi connectivity index (χ1n) is 10.9. The maximum Gasteiger partial charge on any atom is 0.277 e. The van der Waals surface area contributed by atoms with Crippen LogP contribution in [0.25, 0.3) is 27.9 Å². The molecule has 0 saturated heterocycles. The summed E-state index contributed by atoms with van der Waals surface area (Å²) in [5, 5.41) is 9.22. The number of aromatic nitrogens is 2. The van der Waals surface area contributed by atoms with Crippen LogP contribution in [0.3, 0.4) is 0 Å². The lowest BCUT2D eigenvalue weighted by atomic mass is 10.1. The Bertz CT molecular complexity index is 1630. The summed E-state index contributed by atoms with van der Waals surface area (Å²) in [7, 11) is 0. The second-order valence-electron chi connectivity index (χ2n) is 7.70. The van der Waals surface area contributed by atoms with Crippen molar-refractivity contribution in [1.29, 1.82) is 0 Å². The molecule has 0 bridgehead atoms. The summed E-state index contributed by atoms with van der Waals surface area (Å²) in [6, 6.07) is 23.5. The van der Waals surface area contributed by atoms with Crippen molar-refractivity contribution >= 4 is 34.7 Å². The SMILES string of the molecule is O=C(COc1ccc(Cl)cc1-c1ccnn1-c1ccccc1)N/N=C/c1coc2ccccc2c1=O. The van der Waals surface area contributed by atoms with Gasteiger partial charge in [-0.1, -0.05) is 41.9 Å². The van der Waals surface area contributed by atoms with Gasteiger partial charge >= 0.3 is 0 Å². The third-order valence-electron chi connectivity index (χ3n) is 5.32. The maximum atomic E-state index is 12.5. The fourth-order valence-corrected chi connectivity index (χ4v) is 3.81. The second kappa shape index (κ2) is 10.3. The van der Waals surface area contributed by atoms with Crippen molar-refractivity contribution in [1.82, 2.24) is 15.2 Å². The van der Waals surface area contributed by atoms with Crippen molar-refractivity contribution in [3.05, 3.63) is 112 Å². The van der Waals surface area contributed by atoms with Gasteiger partial charge in [0.15, 0.2) is 6.61 Å². The van der Waals surface area contributed by atoms with Crippen LogP contribution in [0.2, 0.25) is 5.02 Å². The summed E-state index contributed by atoms with van der Waals surface area (Å²) in [4.78, 5) is 24.9. The first-order valence-corrected chi connectivity index (χ1v) is 11.3. The summed E-state index contributed by atoms with van der Waals surface area (Å²) < 4.78 is 13.0. The van der Waals surface area contributed by atoms with E-state index in [0.717, 1.165) is 11.4 Å². The van der Waals surface area contributed by atoms with Crippen LogP contribution in [-0.2, 0) is 4.79 Å². The molecule has 0 atom stereocenters. The molecular weight excluding hydrogens is 480 g/mol. The molecule has 0 aliphatic heterocycles. The zero-order valence-corrected chi connectivity index (χ0v) is 19.6. The van der Waals surface area contributed by atoms with Gasteiger partial charge < -0.3 is 9.15 Å². The Balaban J connectivity index is 1.29. The number of hydrogen-bond donors (Lipinski definition) is 1. The molecule has 3 aromatic carbocycles. The molecule has 2 heterocycles. The topological polar surface area (TPSA) is 98.7 Å². The zero-order chi connectivity index (χ0) is 24.9. The standard InChI is InChI=1S/C27H19ClN4O4/c28-19-10-11-25(22(14-19)23-12-13-30-32(23)20-6-2-1-3-7-20)36-17-26(33)31-29-15-18-16-35-24-9-5-4-8-21(24)27(18)34/h1-16H,17H2,(H,31,33)/b29-15+. The first-order chi connectivity index (χ1) is 17.6. The molecule has 0 spiro atoms. The summed E-state index contributed by atoms with van der Waals surface area (Å²) >= 11 is 6.25. The highest BCUT2D eigenvalue weighted by Gasteiger charge is 2.15. The number of carbonyl (C=O) groups is 1. The van der Waals surface area contributed by atoms with E-state index in [-0.39, 0.29) is 17.6 Å². The lowest BCUT2D eigenvalue weighted by Gasteiger charge is -2.13. The highest BCUT2D eigenvalue weighted by atomic mass is 35.5. The largest absolute Gasteiger partial charge is 0.483 e.